The Balaban J connectivity index is 2.67. The van der Waals surface area contributed by atoms with Crippen LogP contribution in [-0.4, -0.2) is 4.89 Å². The van der Waals surface area contributed by atoms with Gasteiger partial charge in [0.05, 0.1) is 0 Å². The lowest BCUT2D eigenvalue weighted by Crippen LogP contribution is -1.75. The molecule has 1 atom stereocenters. The largest absolute Gasteiger partial charge is 0.510 e. The lowest BCUT2D eigenvalue weighted by Gasteiger charge is -1.86. The van der Waals surface area contributed by atoms with Crippen LogP contribution in [0.2, 0.25) is 0 Å². The van der Waals surface area contributed by atoms with Crippen LogP contribution in [0.5, 0.6) is 0 Å². The molecule has 0 aliphatic heterocycles. The molecule has 10 heavy (non-hydrogen) atoms. The highest BCUT2D eigenvalue weighted by atomic mass is 31.1. The SMILES string of the molecule is O=[P+](O)Cc1ccccc1. The molecule has 0 spiro atoms. The Bertz CT molecular complexity index is 220. The zero-order valence-corrected chi connectivity index (χ0v) is 6.29. The van der Waals surface area contributed by atoms with Crippen LogP contribution in [0.1, 0.15) is 5.56 Å². The standard InChI is InChI=1S/C7H7O2P/c8-10(9)6-7-4-2-1-3-5-7/h1-5H,6H2/p+1. The van der Waals surface area contributed by atoms with Crippen LogP contribution < -0.4 is 0 Å². The second-order valence-corrected chi connectivity index (χ2v) is 3.02. The van der Waals surface area contributed by atoms with E-state index in [1.807, 2.05) is 30.3 Å². The lowest BCUT2D eigenvalue weighted by molar-refractivity contribution is 0.502. The molecule has 0 saturated carbocycles. The topological polar surface area (TPSA) is 37.3 Å². The van der Waals surface area contributed by atoms with E-state index in [-0.39, 0.29) is 6.16 Å². The molecule has 0 aliphatic carbocycles. The minimum Gasteiger partial charge on any atom is -0.160 e. The van der Waals surface area contributed by atoms with Crippen molar-refractivity contribution in [1.82, 2.24) is 0 Å². The van der Waals surface area contributed by atoms with Crippen molar-refractivity contribution in [2.24, 2.45) is 0 Å². The van der Waals surface area contributed by atoms with Gasteiger partial charge in [0.1, 0.15) is 0 Å². The second kappa shape index (κ2) is 3.45. The van der Waals surface area contributed by atoms with E-state index in [9.17, 15) is 4.57 Å². The molecule has 0 radical (unpaired) electrons. The average Bonchev–Trinajstić information content (AvgIpc) is 1.88. The first kappa shape index (κ1) is 7.39. The van der Waals surface area contributed by atoms with Crippen molar-refractivity contribution in [2.45, 2.75) is 6.16 Å². The molecule has 2 nitrogen and oxygen atoms in total. The zero-order valence-electron chi connectivity index (χ0n) is 5.40. The Hall–Kier alpha value is -0.720. The van der Waals surface area contributed by atoms with Gasteiger partial charge in [-0.25, -0.2) is 0 Å². The monoisotopic (exact) mass is 155 g/mol. The molecule has 1 N–H and O–H groups in total. The van der Waals surface area contributed by atoms with Gasteiger partial charge in [-0.3, -0.25) is 0 Å². The summed E-state index contributed by atoms with van der Waals surface area (Å²) in [6.07, 6.45) is 0.260. The molecule has 0 aromatic heterocycles. The molecule has 0 amide bonds. The maximum absolute atomic E-state index is 10.3. The van der Waals surface area contributed by atoms with Gasteiger partial charge >= 0.3 is 8.03 Å². The van der Waals surface area contributed by atoms with E-state index in [1.165, 1.54) is 0 Å². The Morgan fingerprint density at radius 1 is 1.30 bits per heavy atom. The highest BCUT2D eigenvalue weighted by molar-refractivity contribution is 7.37. The summed E-state index contributed by atoms with van der Waals surface area (Å²) in [4.78, 5) is 8.52. The molecule has 0 aliphatic rings. The van der Waals surface area contributed by atoms with Gasteiger partial charge in [-0.1, -0.05) is 30.3 Å². The molecule has 1 aromatic rings. The van der Waals surface area contributed by atoms with E-state index in [1.54, 1.807) is 0 Å². The third-order valence-corrected chi connectivity index (χ3v) is 1.80. The van der Waals surface area contributed by atoms with Gasteiger partial charge in [0.25, 0.3) is 0 Å². The molecule has 0 saturated heterocycles. The second-order valence-electron chi connectivity index (χ2n) is 2.00. The van der Waals surface area contributed by atoms with Gasteiger partial charge in [0, 0.05) is 5.56 Å². The highest BCUT2D eigenvalue weighted by Gasteiger charge is 2.09. The van der Waals surface area contributed by atoms with Gasteiger partial charge < -0.3 is 0 Å². The van der Waals surface area contributed by atoms with Crippen LogP contribution in [0.15, 0.2) is 30.3 Å². The normalized spacial score (nSPS) is 11.1. The summed E-state index contributed by atoms with van der Waals surface area (Å²) in [6, 6.07) is 9.27. The van der Waals surface area contributed by atoms with Crippen LogP contribution in [0.3, 0.4) is 0 Å². The summed E-state index contributed by atoms with van der Waals surface area (Å²) in [5.74, 6) is 0. The van der Waals surface area contributed by atoms with E-state index in [4.69, 9.17) is 4.89 Å². The Labute approximate surface area is 60.4 Å². The quantitative estimate of drug-likeness (QED) is 0.662. The first-order chi connectivity index (χ1) is 4.79. The first-order valence-electron chi connectivity index (χ1n) is 2.96. The Kier molecular flexibility index (Phi) is 2.55. The summed E-state index contributed by atoms with van der Waals surface area (Å²) in [5, 5.41) is 0. The third kappa shape index (κ3) is 2.26. The Morgan fingerprint density at radius 2 is 1.90 bits per heavy atom. The van der Waals surface area contributed by atoms with Gasteiger partial charge in [-0.15, -0.1) is 0 Å². The predicted octanol–water partition coefficient (Wildman–Crippen LogP) is 1.92. The maximum atomic E-state index is 10.3. The van der Waals surface area contributed by atoms with Crippen LogP contribution in [-0.2, 0) is 10.7 Å². The molecule has 0 fully saturated rings. The van der Waals surface area contributed by atoms with E-state index in [0.717, 1.165) is 5.56 Å². The number of rotatable bonds is 2. The van der Waals surface area contributed by atoms with Gasteiger partial charge in [0.15, 0.2) is 0 Å². The van der Waals surface area contributed by atoms with Crippen molar-refractivity contribution in [1.29, 1.82) is 0 Å². The summed E-state index contributed by atoms with van der Waals surface area (Å²) < 4.78 is 10.3. The molecular weight excluding hydrogens is 147 g/mol. The fourth-order valence-electron chi connectivity index (χ4n) is 0.740. The van der Waals surface area contributed by atoms with Gasteiger partial charge in [0.2, 0.25) is 6.16 Å². The smallest absolute Gasteiger partial charge is 0.160 e. The molecule has 52 valence electrons. The molecule has 1 aromatic carbocycles. The summed E-state index contributed by atoms with van der Waals surface area (Å²) in [5.41, 5.74) is 0.908. The summed E-state index contributed by atoms with van der Waals surface area (Å²) in [6.45, 7) is 0. The summed E-state index contributed by atoms with van der Waals surface area (Å²) in [7, 11) is -2.03. The van der Waals surface area contributed by atoms with Crippen molar-refractivity contribution in [3.63, 3.8) is 0 Å². The molecular formula is C7H8O2P+. The summed E-state index contributed by atoms with van der Waals surface area (Å²) >= 11 is 0. The molecule has 0 bridgehead atoms. The zero-order chi connectivity index (χ0) is 7.40. The van der Waals surface area contributed by atoms with E-state index < -0.39 is 8.03 Å². The minimum atomic E-state index is -2.03. The fraction of sp³-hybridized carbons (Fsp3) is 0.143. The van der Waals surface area contributed by atoms with Crippen molar-refractivity contribution in [3.8, 4) is 0 Å². The van der Waals surface area contributed by atoms with Crippen LogP contribution in [0, 0.1) is 0 Å². The van der Waals surface area contributed by atoms with Crippen LogP contribution in [0.4, 0.5) is 0 Å². The molecule has 1 unspecified atom stereocenters. The van der Waals surface area contributed by atoms with Crippen molar-refractivity contribution >= 4 is 8.03 Å². The van der Waals surface area contributed by atoms with Gasteiger partial charge in [-0.05, 0) is 4.57 Å². The number of benzene rings is 1. The fourth-order valence-corrected chi connectivity index (χ4v) is 1.26. The Morgan fingerprint density at radius 3 is 2.40 bits per heavy atom. The van der Waals surface area contributed by atoms with Gasteiger partial charge in [-0.2, -0.15) is 4.89 Å². The van der Waals surface area contributed by atoms with E-state index in [0.29, 0.717) is 0 Å². The van der Waals surface area contributed by atoms with E-state index >= 15 is 0 Å². The average molecular weight is 155 g/mol. The number of hydrogen-bond donors (Lipinski definition) is 1. The molecule has 1 rings (SSSR count). The predicted molar refractivity (Wildman–Crippen MR) is 40.0 cm³/mol. The molecule has 3 heteroatoms. The van der Waals surface area contributed by atoms with E-state index in [2.05, 4.69) is 0 Å². The first-order valence-corrected chi connectivity index (χ1v) is 4.36. The number of hydrogen-bond acceptors (Lipinski definition) is 1. The van der Waals surface area contributed by atoms with Crippen LogP contribution >= 0.6 is 8.03 Å². The lowest BCUT2D eigenvalue weighted by atomic mass is 10.2. The van der Waals surface area contributed by atoms with Crippen molar-refractivity contribution in [3.05, 3.63) is 35.9 Å². The highest BCUT2D eigenvalue weighted by Crippen LogP contribution is 2.20. The molecule has 0 heterocycles. The minimum absolute atomic E-state index is 0.260. The van der Waals surface area contributed by atoms with Crippen LogP contribution in [0.25, 0.3) is 0 Å². The van der Waals surface area contributed by atoms with Crippen molar-refractivity contribution in [2.75, 3.05) is 0 Å². The maximum Gasteiger partial charge on any atom is 0.510 e. The third-order valence-electron chi connectivity index (χ3n) is 1.16. The van der Waals surface area contributed by atoms with Crippen molar-refractivity contribution < 1.29 is 9.46 Å².